The van der Waals surface area contributed by atoms with Crippen LogP contribution in [-0.4, -0.2) is 4.98 Å². The Morgan fingerprint density at radius 3 is 3.08 bits per heavy atom. The van der Waals surface area contributed by atoms with E-state index in [4.69, 9.17) is 0 Å². The number of rotatable bonds is 1. The zero-order valence-electron chi connectivity index (χ0n) is 8.46. The molecule has 0 bridgehead atoms. The summed E-state index contributed by atoms with van der Waals surface area (Å²) >= 11 is 0. The van der Waals surface area contributed by atoms with Crippen molar-refractivity contribution >= 4 is 0 Å². The minimum atomic E-state index is 0.835. The Kier molecular flexibility index (Phi) is 2.34. The summed E-state index contributed by atoms with van der Waals surface area (Å²) in [6.45, 7) is 4.65. The third-order valence-electron chi connectivity index (χ3n) is 3.31. The molecule has 0 fully saturated rings. The molecule has 0 spiro atoms. The molecule has 2 rings (SSSR count). The Labute approximate surface area is 80.2 Å². The number of hydrogen-bond acceptors (Lipinski definition) is 1. The van der Waals surface area contributed by atoms with E-state index in [9.17, 15) is 0 Å². The molecular weight excluding hydrogens is 158 g/mol. The maximum absolute atomic E-state index is 4.45. The molecule has 1 aliphatic rings. The molecule has 2 atom stereocenters. The van der Waals surface area contributed by atoms with Gasteiger partial charge in [0, 0.05) is 11.9 Å². The Hall–Kier alpha value is -0.850. The van der Waals surface area contributed by atoms with Gasteiger partial charge in [0.1, 0.15) is 0 Å². The third-order valence-corrected chi connectivity index (χ3v) is 3.31. The summed E-state index contributed by atoms with van der Waals surface area (Å²) in [7, 11) is 0. The van der Waals surface area contributed by atoms with Gasteiger partial charge in [-0.05, 0) is 36.3 Å². The fourth-order valence-electron chi connectivity index (χ4n) is 2.35. The minimum Gasteiger partial charge on any atom is -0.261 e. The van der Waals surface area contributed by atoms with Crippen molar-refractivity contribution in [2.75, 3.05) is 0 Å². The maximum Gasteiger partial charge on any atom is 0.0438 e. The first kappa shape index (κ1) is 8.74. The average molecular weight is 175 g/mol. The molecule has 0 aromatic carbocycles. The lowest BCUT2D eigenvalue weighted by molar-refractivity contribution is 0.319. The molecule has 0 radical (unpaired) electrons. The smallest absolute Gasteiger partial charge is 0.0438 e. The highest BCUT2D eigenvalue weighted by Crippen LogP contribution is 2.30. The molecule has 1 heterocycles. The van der Waals surface area contributed by atoms with Gasteiger partial charge in [-0.3, -0.25) is 4.98 Å². The SMILES string of the molecule is CCC1Cc2ncccc2CC1C. The van der Waals surface area contributed by atoms with E-state index in [2.05, 4.69) is 31.0 Å². The van der Waals surface area contributed by atoms with E-state index in [0.717, 1.165) is 11.8 Å². The van der Waals surface area contributed by atoms with E-state index < -0.39 is 0 Å². The second-order valence-electron chi connectivity index (χ2n) is 4.16. The van der Waals surface area contributed by atoms with E-state index >= 15 is 0 Å². The molecular formula is C12H17N. The molecule has 13 heavy (non-hydrogen) atoms. The fourth-order valence-corrected chi connectivity index (χ4v) is 2.35. The summed E-state index contributed by atoms with van der Waals surface area (Å²) in [6.07, 6.45) is 5.62. The van der Waals surface area contributed by atoms with E-state index in [1.165, 1.54) is 30.5 Å². The highest BCUT2D eigenvalue weighted by Gasteiger charge is 2.24. The van der Waals surface area contributed by atoms with Crippen LogP contribution in [0, 0.1) is 11.8 Å². The molecule has 0 N–H and O–H groups in total. The lowest BCUT2D eigenvalue weighted by Crippen LogP contribution is -2.23. The van der Waals surface area contributed by atoms with Crippen molar-refractivity contribution in [3.8, 4) is 0 Å². The zero-order chi connectivity index (χ0) is 9.26. The number of aromatic nitrogens is 1. The Morgan fingerprint density at radius 2 is 2.31 bits per heavy atom. The van der Waals surface area contributed by atoms with Crippen molar-refractivity contribution in [1.82, 2.24) is 4.98 Å². The molecule has 70 valence electrons. The van der Waals surface area contributed by atoms with E-state index in [-0.39, 0.29) is 0 Å². The van der Waals surface area contributed by atoms with Gasteiger partial charge in [-0.15, -0.1) is 0 Å². The largest absolute Gasteiger partial charge is 0.261 e. The summed E-state index contributed by atoms with van der Waals surface area (Å²) in [4.78, 5) is 4.45. The van der Waals surface area contributed by atoms with Crippen molar-refractivity contribution in [2.24, 2.45) is 11.8 Å². The van der Waals surface area contributed by atoms with Crippen LogP contribution in [0.15, 0.2) is 18.3 Å². The summed E-state index contributed by atoms with van der Waals surface area (Å²) < 4.78 is 0. The van der Waals surface area contributed by atoms with Crippen LogP contribution in [0.2, 0.25) is 0 Å². The van der Waals surface area contributed by atoms with Crippen molar-refractivity contribution in [3.05, 3.63) is 29.6 Å². The fraction of sp³-hybridized carbons (Fsp3) is 0.583. The zero-order valence-corrected chi connectivity index (χ0v) is 8.46. The van der Waals surface area contributed by atoms with Gasteiger partial charge in [0.05, 0.1) is 0 Å². The molecule has 1 heteroatoms. The molecule has 1 nitrogen and oxygen atoms in total. The molecule has 1 aromatic heterocycles. The highest BCUT2D eigenvalue weighted by molar-refractivity contribution is 5.23. The number of pyridine rings is 1. The second kappa shape index (κ2) is 3.49. The van der Waals surface area contributed by atoms with Gasteiger partial charge < -0.3 is 0 Å². The van der Waals surface area contributed by atoms with Crippen LogP contribution in [0.3, 0.4) is 0 Å². The molecule has 2 unspecified atom stereocenters. The molecule has 1 aromatic rings. The van der Waals surface area contributed by atoms with Crippen molar-refractivity contribution in [1.29, 1.82) is 0 Å². The first-order valence-corrected chi connectivity index (χ1v) is 5.24. The van der Waals surface area contributed by atoms with Crippen molar-refractivity contribution in [2.45, 2.75) is 33.1 Å². The van der Waals surface area contributed by atoms with Crippen molar-refractivity contribution < 1.29 is 0 Å². The van der Waals surface area contributed by atoms with E-state index in [0.29, 0.717) is 0 Å². The van der Waals surface area contributed by atoms with Gasteiger partial charge in [0.15, 0.2) is 0 Å². The van der Waals surface area contributed by atoms with Crippen LogP contribution in [-0.2, 0) is 12.8 Å². The summed E-state index contributed by atoms with van der Waals surface area (Å²) in [6, 6.07) is 4.28. The van der Waals surface area contributed by atoms with Crippen LogP contribution in [0.1, 0.15) is 31.5 Å². The summed E-state index contributed by atoms with van der Waals surface area (Å²) in [5, 5.41) is 0. The third kappa shape index (κ3) is 1.60. The quantitative estimate of drug-likeness (QED) is 0.639. The minimum absolute atomic E-state index is 0.835. The van der Waals surface area contributed by atoms with Gasteiger partial charge in [0.2, 0.25) is 0 Å². The second-order valence-corrected chi connectivity index (χ2v) is 4.16. The van der Waals surface area contributed by atoms with Crippen LogP contribution in [0.25, 0.3) is 0 Å². The topological polar surface area (TPSA) is 12.9 Å². The van der Waals surface area contributed by atoms with Gasteiger partial charge in [-0.2, -0.15) is 0 Å². The molecule has 0 amide bonds. The normalized spacial score (nSPS) is 26.9. The molecule has 0 aliphatic heterocycles. The van der Waals surface area contributed by atoms with Gasteiger partial charge in [-0.25, -0.2) is 0 Å². The van der Waals surface area contributed by atoms with Gasteiger partial charge in [-0.1, -0.05) is 26.3 Å². The Morgan fingerprint density at radius 1 is 1.46 bits per heavy atom. The van der Waals surface area contributed by atoms with Crippen LogP contribution >= 0.6 is 0 Å². The monoisotopic (exact) mass is 175 g/mol. The maximum atomic E-state index is 4.45. The summed E-state index contributed by atoms with van der Waals surface area (Å²) in [5.74, 6) is 1.68. The lowest BCUT2D eigenvalue weighted by Gasteiger charge is -2.28. The van der Waals surface area contributed by atoms with Gasteiger partial charge >= 0.3 is 0 Å². The van der Waals surface area contributed by atoms with E-state index in [1.807, 2.05) is 6.20 Å². The summed E-state index contributed by atoms with van der Waals surface area (Å²) in [5.41, 5.74) is 2.81. The number of nitrogens with zero attached hydrogens (tertiary/aromatic N) is 1. The Balaban J connectivity index is 2.27. The first-order chi connectivity index (χ1) is 6.31. The highest BCUT2D eigenvalue weighted by atomic mass is 14.7. The van der Waals surface area contributed by atoms with Gasteiger partial charge in [0.25, 0.3) is 0 Å². The standard InChI is InChI=1S/C12H17N/c1-3-10-8-12-11(7-9(10)2)5-4-6-13-12/h4-6,9-10H,3,7-8H2,1-2H3. The number of hydrogen-bond donors (Lipinski definition) is 0. The van der Waals surface area contributed by atoms with Crippen LogP contribution in [0.4, 0.5) is 0 Å². The predicted octanol–water partition coefficient (Wildman–Crippen LogP) is 2.84. The van der Waals surface area contributed by atoms with Crippen LogP contribution in [0.5, 0.6) is 0 Å². The van der Waals surface area contributed by atoms with E-state index in [1.54, 1.807) is 0 Å². The molecule has 0 saturated heterocycles. The lowest BCUT2D eigenvalue weighted by atomic mass is 9.77. The predicted molar refractivity (Wildman–Crippen MR) is 54.6 cm³/mol. The van der Waals surface area contributed by atoms with Crippen LogP contribution < -0.4 is 0 Å². The number of fused-ring (bicyclic) bond motifs is 1. The average Bonchev–Trinajstić information content (AvgIpc) is 2.17. The Bertz CT molecular complexity index is 293. The van der Waals surface area contributed by atoms with Crippen molar-refractivity contribution in [3.63, 3.8) is 0 Å². The molecule has 0 saturated carbocycles. The molecule has 1 aliphatic carbocycles. The first-order valence-electron chi connectivity index (χ1n) is 5.24.